The van der Waals surface area contributed by atoms with Crippen LogP contribution in [0.4, 0.5) is 4.39 Å². The molecular weight excluding hydrogens is 342 g/mol. The van der Waals surface area contributed by atoms with Crippen molar-refractivity contribution < 1.29 is 13.9 Å². The third-order valence-corrected chi connectivity index (χ3v) is 4.03. The summed E-state index contributed by atoms with van der Waals surface area (Å²) in [5.41, 5.74) is 0.750. The molecule has 0 unspecified atom stereocenters. The molecule has 1 aromatic rings. The monoisotopic (exact) mass is 364 g/mol. The molecule has 4 nitrogen and oxygen atoms in total. The summed E-state index contributed by atoms with van der Waals surface area (Å²) in [6.07, 6.45) is 1.07. The highest BCUT2D eigenvalue weighted by atomic mass is 35.5. The van der Waals surface area contributed by atoms with E-state index in [1.807, 2.05) is 6.92 Å². The zero-order valence-corrected chi connectivity index (χ0v) is 14.7. The van der Waals surface area contributed by atoms with Crippen LogP contribution in [0, 0.1) is 11.7 Å². The summed E-state index contributed by atoms with van der Waals surface area (Å²) < 4.78 is 19.6. The third kappa shape index (κ3) is 5.92. The Balaban J connectivity index is 0.00000264. The third-order valence-electron chi connectivity index (χ3n) is 3.72. The molecule has 1 aliphatic heterocycles. The second-order valence-electron chi connectivity index (χ2n) is 5.48. The molecule has 1 heterocycles. The van der Waals surface area contributed by atoms with Crippen molar-refractivity contribution in [1.29, 1.82) is 0 Å². The molecule has 1 aliphatic rings. The van der Waals surface area contributed by atoms with Crippen molar-refractivity contribution in [3.05, 3.63) is 34.6 Å². The highest BCUT2D eigenvalue weighted by Crippen LogP contribution is 2.29. The average Bonchev–Trinajstić information content (AvgIpc) is 2.74. The normalized spacial score (nSPS) is 21.2. The first kappa shape index (κ1) is 20.2. The van der Waals surface area contributed by atoms with Crippen molar-refractivity contribution in [2.45, 2.75) is 25.9 Å². The zero-order valence-electron chi connectivity index (χ0n) is 13.1. The SMILES string of the molecule is CCCC(=O)NC[C@@H]1CNCCO[C@H]1c1ccc(Cl)c(F)c1.Cl. The van der Waals surface area contributed by atoms with E-state index in [9.17, 15) is 9.18 Å². The molecule has 130 valence electrons. The van der Waals surface area contributed by atoms with Gasteiger partial charge in [0.15, 0.2) is 0 Å². The summed E-state index contributed by atoms with van der Waals surface area (Å²) in [7, 11) is 0. The Hall–Kier alpha value is -0.880. The van der Waals surface area contributed by atoms with Gasteiger partial charge >= 0.3 is 0 Å². The highest BCUT2D eigenvalue weighted by molar-refractivity contribution is 6.30. The zero-order chi connectivity index (χ0) is 15.9. The lowest BCUT2D eigenvalue weighted by Gasteiger charge is -2.25. The van der Waals surface area contributed by atoms with Gasteiger partial charge in [0, 0.05) is 32.0 Å². The number of rotatable bonds is 5. The second-order valence-corrected chi connectivity index (χ2v) is 5.89. The van der Waals surface area contributed by atoms with E-state index < -0.39 is 5.82 Å². The van der Waals surface area contributed by atoms with Crippen molar-refractivity contribution in [2.75, 3.05) is 26.2 Å². The number of carbonyl (C=O) groups excluding carboxylic acids is 1. The first-order valence-electron chi connectivity index (χ1n) is 7.65. The minimum atomic E-state index is -0.450. The molecule has 0 saturated carbocycles. The molecule has 2 rings (SSSR count). The molecule has 23 heavy (non-hydrogen) atoms. The summed E-state index contributed by atoms with van der Waals surface area (Å²) >= 11 is 5.74. The number of ether oxygens (including phenoxy) is 1. The van der Waals surface area contributed by atoms with Crippen LogP contribution in [-0.4, -0.2) is 32.1 Å². The number of halogens is 3. The largest absolute Gasteiger partial charge is 0.372 e. The maximum Gasteiger partial charge on any atom is 0.219 e. The van der Waals surface area contributed by atoms with E-state index in [2.05, 4.69) is 10.6 Å². The van der Waals surface area contributed by atoms with Gasteiger partial charge in [0.25, 0.3) is 0 Å². The molecular formula is C16H23Cl2FN2O2. The number of hydrogen-bond acceptors (Lipinski definition) is 3. The molecule has 2 N–H and O–H groups in total. The van der Waals surface area contributed by atoms with Crippen molar-refractivity contribution in [3.63, 3.8) is 0 Å². The molecule has 1 aromatic carbocycles. The van der Waals surface area contributed by atoms with Gasteiger partial charge in [-0.25, -0.2) is 4.39 Å². The Morgan fingerprint density at radius 3 is 3.00 bits per heavy atom. The lowest BCUT2D eigenvalue weighted by molar-refractivity contribution is -0.121. The Kier molecular flexibility index (Phi) is 8.84. The quantitative estimate of drug-likeness (QED) is 0.843. The Morgan fingerprint density at radius 2 is 2.30 bits per heavy atom. The molecule has 0 bridgehead atoms. The molecule has 0 aromatic heterocycles. The summed E-state index contributed by atoms with van der Waals surface area (Å²) in [6.45, 7) is 4.47. The topological polar surface area (TPSA) is 50.4 Å². The van der Waals surface area contributed by atoms with Gasteiger partial charge in [-0.3, -0.25) is 4.79 Å². The van der Waals surface area contributed by atoms with Crippen LogP contribution in [0.1, 0.15) is 31.4 Å². The van der Waals surface area contributed by atoms with E-state index in [1.54, 1.807) is 12.1 Å². The fraction of sp³-hybridized carbons (Fsp3) is 0.562. The van der Waals surface area contributed by atoms with E-state index in [-0.39, 0.29) is 35.4 Å². The van der Waals surface area contributed by atoms with Crippen molar-refractivity contribution in [1.82, 2.24) is 10.6 Å². The van der Waals surface area contributed by atoms with Crippen LogP contribution >= 0.6 is 24.0 Å². The molecule has 1 amide bonds. The fourth-order valence-corrected chi connectivity index (χ4v) is 2.70. The molecule has 2 atom stereocenters. The van der Waals surface area contributed by atoms with Gasteiger partial charge in [-0.15, -0.1) is 12.4 Å². The first-order chi connectivity index (χ1) is 10.6. The standard InChI is InChI=1S/C16H22ClFN2O2.ClH/c1-2-3-15(21)20-10-12-9-19-6-7-22-16(12)11-4-5-13(17)14(18)8-11;/h4-5,8,12,16,19H,2-3,6-7,9-10H2,1H3,(H,20,21);1H/t12-,16-;/m0./s1. The molecule has 7 heteroatoms. The number of benzene rings is 1. The van der Waals surface area contributed by atoms with Gasteiger partial charge in [-0.1, -0.05) is 24.6 Å². The first-order valence-corrected chi connectivity index (χ1v) is 8.03. The van der Waals surface area contributed by atoms with Crippen LogP contribution in [0.25, 0.3) is 0 Å². The van der Waals surface area contributed by atoms with E-state index in [1.165, 1.54) is 6.07 Å². The summed E-state index contributed by atoms with van der Waals surface area (Å²) in [6, 6.07) is 4.74. The summed E-state index contributed by atoms with van der Waals surface area (Å²) in [5, 5.41) is 6.31. The van der Waals surface area contributed by atoms with E-state index in [4.69, 9.17) is 16.3 Å². The lowest BCUT2D eigenvalue weighted by Crippen LogP contribution is -2.36. The van der Waals surface area contributed by atoms with Crippen molar-refractivity contribution >= 4 is 29.9 Å². The maximum absolute atomic E-state index is 13.7. The molecule has 1 saturated heterocycles. The van der Waals surface area contributed by atoms with Crippen molar-refractivity contribution in [3.8, 4) is 0 Å². The smallest absolute Gasteiger partial charge is 0.219 e. The van der Waals surface area contributed by atoms with Gasteiger partial charge in [0.05, 0.1) is 17.7 Å². The minimum absolute atomic E-state index is 0. The predicted molar refractivity (Wildman–Crippen MR) is 91.6 cm³/mol. The van der Waals surface area contributed by atoms with E-state index in [0.717, 1.165) is 18.5 Å². The fourth-order valence-electron chi connectivity index (χ4n) is 2.59. The number of carbonyl (C=O) groups is 1. The van der Waals surface area contributed by atoms with Gasteiger partial charge in [-0.05, 0) is 24.1 Å². The van der Waals surface area contributed by atoms with Crippen LogP contribution in [0.5, 0.6) is 0 Å². The van der Waals surface area contributed by atoms with Crippen LogP contribution in [0.15, 0.2) is 18.2 Å². The predicted octanol–water partition coefficient (Wildman–Crippen LogP) is 3.09. The van der Waals surface area contributed by atoms with Gasteiger partial charge < -0.3 is 15.4 Å². The number of hydrogen-bond donors (Lipinski definition) is 2. The van der Waals surface area contributed by atoms with Crippen LogP contribution in [0.3, 0.4) is 0 Å². The summed E-state index contributed by atoms with van der Waals surface area (Å²) in [4.78, 5) is 11.7. The summed E-state index contributed by atoms with van der Waals surface area (Å²) in [5.74, 6) is -0.370. The Morgan fingerprint density at radius 1 is 1.52 bits per heavy atom. The molecule has 0 spiro atoms. The van der Waals surface area contributed by atoms with Gasteiger partial charge in [-0.2, -0.15) is 0 Å². The van der Waals surface area contributed by atoms with Crippen LogP contribution in [-0.2, 0) is 9.53 Å². The van der Waals surface area contributed by atoms with Crippen LogP contribution < -0.4 is 10.6 Å². The van der Waals surface area contributed by atoms with E-state index >= 15 is 0 Å². The van der Waals surface area contributed by atoms with Gasteiger partial charge in [0.1, 0.15) is 5.82 Å². The van der Waals surface area contributed by atoms with Crippen LogP contribution in [0.2, 0.25) is 5.02 Å². The molecule has 0 aliphatic carbocycles. The highest BCUT2D eigenvalue weighted by Gasteiger charge is 2.27. The Bertz CT molecular complexity index is 517. The number of nitrogens with one attached hydrogen (secondary N) is 2. The maximum atomic E-state index is 13.7. The second kappa shape index (κ2) is 10.1. The molecule has 1 fully saturated rings. The average molecular weight is 365 g/mol. The van der Waals surface area contributed by atoms with Gasteiger partial charge in [0.2, 0.25) is 5.91 Å². The Labute approximate surface area is 147 Å². The van der Waals surface area contributed by atoms with Crippen molar-refractivity contribution in [2.24, 2.45) is 5.92 Å². The number of amides is 1. The minimum Gasteiger partial charge on any atom is -0.372 e. The lowest BCUT2D eigenvalue weighted by atomic mass is 9.95. The van der Waals surface area contributed by atoms with E-state index in [0.29, 0.717) is 26.1 Å². The molecule has 0 radical (unpaired) electrons.